The minimum Gasteiger partial charge on any atom is -0.508 e. The Balaban J connectivity index is 1.80. The van der Waals surface area contributed by atoms with Crippen LogP contribution in [0.4, 0.5) is 0 Å². The van der Waals surface area contributed by atoms with Crippen LogP contribution in [0.15, 0.2) is 48.3 Å². The average Bonchev–Trinajstić information content (AvgIpc) is 2.89. The second kappa shape index (κ2) is 6.31. The Bertz CT molecular complexity index is 812. The molecule has 0 radical (unpaired) electrons. The summed E-state index contributed by atoms with van der Waals surface area (Å²) >= 11 is 0. The smallest absolute Gasteiger partial charge is 0.290 e. The van der Waals surface area contributed by atoms with Crippen molar-refractivity contribution in [2.75, 3.05) is 6.54 Å². The fourth-order valence-corrected chi connectivity index (χ4v) is 4.49. The molecule has 1 N–H and O–H groups in total. The number of rotatable bonds is 3. The molecular weight excluding hydrogens is 330 g/mol. The van der Waals surface area contributed by atoms with Gasteiger partial charge in [0.25, 0.3) is 5.91 Å². The van der Waals surface area contributed by atoms with E-state index in [2.05, 4.69) is 13.5 Å². The lowest BCUT2D eigenvalue weighted by Crippen LogP contribution is -2.41. The number of phenols is 1. The van der Waals surface area contributed by atoms with E-state index in [9.17, 15) is 14.7 Å². The number of nitrogens with zero attached hydrogens (tertiary/aromatic N) is 1. The van der Waals surface area contributed by atoms with Gasteiger partial charge in [0.1, 0.15) is 11.9 Å². The number of phenolic OH excluding ortho intramolecular Hbond substituents is 1. The molecule has 136 valence electrons. The van der Waals surface area contributed by atoms with Crippen LogP contribution >= 0.6 is 0 Å². The number of ketones is 1. The number of fused-ring (bicyclic) bond motifs is 1. The normalized spacial score (nSPS) is 30.7. The molecule has 2 aliphatic heterocycles. The molecule has 0 bridgehead atoms. The van der Waals surface area contributed by atoms with Crippen molar-refractivity contribution in [1.29, 1.82) is 0 Å². The van der Waals surface area contributed by atoms with Gasteiger partial charge in [0.05, 0.1) is 17.5 Å². The van der Waals surface area contributed by atoms with E-state index in [-0.39, 0.29) is 35.2 Å². The molecule has 5 nitrogen and oxygen atoms in total. The van der Waals surface area contributed by atoms with Crippen LogP contribution in [-0.4, -0.2) is 34.3 Å². The number of benzene rings is 1. The van der Waals surface area contributed by atoms with Gasteiger partial charge >= 0.3 is 0 Å². The Hall–Kier alpha value is -2.56. The first-order valence-electron chi connectivity index (χ1n) is 9.17. The number of hydrogen-bond donors (Lipinski definition) is 1. The maximum Gasteiger partial charge on any atom is 0.290 e. The lowest BCUT2D eigenvalue weighted by Gasteiger charge is -2.37. The summed E-state index contributed by atoms with van der Waals surface area (Å²) in [7, 11) is 0. The summed E-state index contributed by atoms with van der Waals surface area (Å²) in [6, 6.07) is 6.19. The van der Waals surface area contributed by atoms with Crippen molar-refractivity contribution in [2.45, 2.75) is 38.3 Å². The summed E-state index contributed by atoms with van der Waals surface area (Å²) in [4.78, 5) is 27.9. The highest BCUT2D eigenvalue weighted by Crippen LogP contribution is 2.47. The zero-order valence-corrected chi connectivity index (χ0v) is 14.9. The highest BCUT2D eigenvalue weighted by molar-refractivity contribution is 6.11. The first-order valence-corrected chi connectivity index (χ1v) is 9.17. The molecule has 1 fully saturated rings. The summed E-state index contributed by atoms with van der Waals surface area (Å²) < 4.78 is 6.07. The summed E-state index contributed by atoms with van der Waals surface area (Å²) in [6.07, 6.45) is 4.06. The number of carbonyl (C=O) groups excluding carboxylic acids is 2. The fraction of sp³-hybridized carbons (Fsp3) is 0.429. The molecule has 0 spiro atoms. The second-order valence-electron chi connectivity index (χ2n) is 7.53. The van der Waals surface area contributed by atoms with Gasteiger partial charge in [-0.1, -0.05) is 25.1 Å². The second-order valence-corrected chi connectivity index (χ2v) is 7.53. The van der Waals surface area contributed by atoms with Crippen LogP contribution < -0.4 is 0 Å². The molecule has 4 unspecified atom stereocenters. The van der Waals surface area contributed by atoms with Crippen molar-refractivity contribution in [3.63, 3.8) is 0 Å². The van der Waals surface area contributed by atoms with E-state index in [0.717, 1.165) is 19.3 Å². The third-order valence-corrected chi connectivity index (χ3v) is 5.72. The SMILES string of the molecule is C=CCN1C(=O)C2=C(C(=O)C3CC(C)CCC3O2)C1c1cccc(O)c1. The van der Waals surface area contributed by atoms with Gasteiger partial charge in [-0.2, -0.15) is 0 Å². The Morgan fingerprint density at radius 3 is 2.88 bits per heavy atom. The fourth-order valence-electron chi connectivity index (χ4n) is 4.49. The van der Waals surface area contributed by atoms with Crippen LogP contribution in [-0.2, 0) is 14.3 Å². The Morgan fingerprint density at radius 1 is 1.35 bits per heavy atom. The molecule has 1 aromatic carbocycles. The van der Waals surface area contributed by atoms with E-state index in [0.29, 0.717) is 23.6 Å². The van der Waals surface area contributed by atoms with Gasteiger partial charge in [0.15, 0.2) is 11.5 Å². The third-order valence-electron chi connectivity index (χ3n) is 5.72. The Kier molecular flexibility index (Phi) is 4.10. The number of carbonyl (C=O) groups is 2. The molecule has 5 heteroatoms. The van der Waals surface area contributed by atoms with E-state index in [1.54, 1.807) is 29.2 Å². The Labute approximate surface area is 152 Å². The molecule has 1 aromatic rings. The van der Waals surface area contributed by atoms with Gasteiger partial charge in [-0.05, 0) is 42.9 Å². The molecular formula is C21H23NO4. The standard InChI is InChI=1S/C21H23NO4/c1-3-9-22-18(13-5-4-6-14(23)11-13)17-19(24)15-10-12(2)7-8-16(15)26-20(17)21(22)25/h3-6,11-12,15-16,18,23H,1,7-10H2,2H3. The van der Waals surface area contributed by atoms with Crippen LogP contribution in [0.2, 0.25) is 0 Å². The summed E-state index contributed by atoms with van der Waals surface area (Å²) in [6.45, 7) is 6.21. The van der Waals surface area contributed by atoms with Gasteiger partial charge in [-0.15, -0.1) is 6.58 Å². The van der Waals surface area contributed by atoms with Crippen molar-refractivity contribution < 1.29 is 19.4 Å². The number of aromatic hydroxyl groups is 1. The summed E-state index contributed by atoms with van der Waals surface area (Å²) in [5.74, 6) is 0.354. The third kappa shape index (κ3) is 2.54. The minimum atomic E-state index is -0.534. The van der Waals surface area contributed by atoms with Crippen molar-refractivity contribution >= 4 is 11.7 Å². The number of ether oxygens (including phenoxy) is 1. The van der Waals surface area contributed by atoms with Gasteiger partial charge in [0.2, 0.25) is 0 Å². The van der Waals surface area contributed by atoms with Crippen molar-refractivity contribution in [3.8, 4) is 5.75 Å². The quantitative estimate of drug-likeness (QED) is 0.848. The number of hydrogen-bond acceptors (Lipinski definition) is 4. The maximum absolute atomic E-state index is 13.3. The maximum atomic E-state index is 13.3. The summed E-state index contributed by atoms with van der Waals surface area (Å²) in [5, 5.41) is 9.88. The molecule has 3 aliphatic rings. The van der Waals surface area contributed by atoms with Crippen molar-refractivity contribution in [2.24, 2.45) is 11.8 Å². The lowest BCUT2D eigenvalue weighted by atomic mass is 9.74. The predicted octanol–water partition coefficient (Wildman–Crippen LogP) is 3.12. The topological polar surface area (TPSA) is 66.8 Å². The molecule has 26 heavy (non-hydrogen) atoms. The molecule has 0 saturated heterocycles. The van der Waals surface area contributed by atoms with Gasteiger partial charge in [0, 0.05) is 6.54 Å². The zero-order valence-electron chi connectivity index (χ0n) is 14.9. The number of Topliss-reactive ketones (excluding diaryl/α,β-unsaturated/α-hetero) is 1. The van der Waals surface area contributed by atoms with E-state index in [1.165, 1.54) is 0 Å². The molecule has 4 atom stereocenters. The van der Waals surface area contributed by atoms with Crippen molar-refractivity contribution in [1.82, 2.24) is 4.90 Å². The van der Waals surface area contributed by atoms with Gasteiger partial charge in [-0.25, -0.2) is 0 Å². The lowest BCUT2D eigenvalue weighted by molar-refractivity contribution is -0.135. The molecule has 4 rings (SSSR count). The van der Waals surface area contributed by atoms with E-state index in [1.807, 2.05) is 6.07 Å². The summed E-state index contributed by atoms with van der Waals surface area (Å²) in [5.41, 5.74) is 1.15. The molecule has 1 saturated carbocycles. The monoisotopic (exact) mass is 353 g/mol. The first-order chi connectivity index (χ1) is 12.5. The highest BCUT2D eigenvalue weighted by Gasteiger charge is 2.52. The first kappa shape index (κ1) is 16.9. The largest absolute Gasteiger partial charge is 0.508 e. The van der Waals surface area contributed by atoms with Crippen LogP contribution in [0.3, 0.4) is 0 Å². The Morgan fingerprint density at radius 2 is 2.15 bits per heavy atom. The molecule has 2 heterocycles. The van der Waals surface area contributed by atoms with E-state index in [4.69, 9.17) is 4.74 Å². The van der Waals surface area contributed by atoms with Gasteiger partial charge < -0.3 is 14.7 Å². The van der Waals surface area contributed by atoms with Crippen LogP contribution in [0.25, 0.3) is 0 Å². The molecule has 1 amide bonds. The minimum absolute atomic E-state index is 0.0241. The molecule has 1 aliphatic carbocycles. The highest BCUT2D eigenvalue weighted by atomic mass is 16.5. The van der Waals surface area contributed by atoms with Crippen LogP contribution in [0.1, 0.15) is 37.8 Å². The van der Waals surface area contributed by atoms with Gasteiger partial charge in [-0.3, -0.25) is 9.59 Å². The number of amides is 1. The molecule has 0 aromatic heterocycles. The van der Waals surface area contributed by atoms with E-state index < -0.39 is 6.04 Å². The van der Waals surface area contributed by atoms with Crippen LogP contribution in [0, 0.1) is 11.8 Å². The average molecular weight is 353 g/mol. The predicted molar refractivity (Wildman–Crippen MR) is 96.2 cm³/mol. The van der Waals surface area contributed by atoms with E-state index >= 15 is 0 Å². The zero-order chi connectivity index (χ0) is 18.4. The van der Waals surface area contributed by atoms with Crippen molar-refractivity contribution in [3.05, 3.63) is 53.8 Å². The van der Waals surface area contributed by atoms with Crippen LogP contribution in [0.5, 0.6) is 5.75 Å².